The highest BCUT2D eigenvalue weighted by Gasteiger charge is 2.18. The molecule has 0 bridgehead atoms. The molecular weight excluding hydrogens is 294 g/mol. The number of hydrogen-bond donors (Lipinski definition) is 2. The third kappa shape index (κ3) is 3.32. The zero-order chi connectivity index (χ0) is 13.0. The van der Waals surface area contributed by atoms with E-state index in [0.717, 1.165) is 16.8 Å². The molecule has 0 aliphatic carbocycles. The van der Waals surface area contributed by atoms with Crippen molar-refractivity contribution in [2.75, 3.05) is 37.8 Å². The first-order valence-electron chi connectivity index (χ1n) is 6.35. The van der Waals surface area contributed by atoms with Crippen molar-refractivity contribution < 1.29 is 0 Å². The predicted molar refractivity (Wildman–Crippen MR) is 78.0 cm³/mol. The van der Waals surface area contributed by atoms with Gasteiger partial charge in [0.2, 0.25) is 5.95 Å². The maximum atomic E-state index is 4.40. The summed E-state index contributed by atoms with van der Waals surface area (Å²) in [5, 5.41) is 6.36. The summed E-state index contributed by atoms with van der Waals surface area (Å²) >= 11 is 3.47. The highest BCUT2D eigenvalue weighted by Crippen LogP contribution is 2.21. The summed E-state index contributed by atoms with van der Waals surface area (Å²) in [6, 6.07) is 0.596. The molecule has 1 aromatic rings. The lowest BCUT2D eigenvalue weighted by atomic mass is 10.0. The minimum Gasteiger partial charge on any atom is -0.367 e. The van der Waals surface area contributed by atoms with Gasteiger partial charge in [0.1, 0.15) is 5.82 Å². The first-order chi connectivity index (χ1) is 8.70. The van der Waals surface area contributed by atoms with Gasteiger partial charge in [-0.3, -0.25) is 0 Å². The van der Waals surface area contributed by atoms with Crippen LogP contribution in [0.2, 0.25) is 0 Å². The first kappa shape index (κ1) is 13.5. The van der Waals surface area contributed by atoms with E-state index in [1.165, 1.54) is 25.8 Å². The summed E-state index contributed by atoms with van der Waals surface area (Å²) in [7, 11) is 4.02. The van der Waals surface area contributed by atoms with Gasteiger partial charge in [-0.1, -0.05) is 6.42 Å². The minimum atomic E-state index is 0.596. The van der Waals surface area contributed by atoms with Gasteiger partial charge in [0.15, 0.2) is 0 Å². The van der Waals surface area contributed by atoms with Crippen molar-refractivity contribution in [3.8, 4) is 0 Å². The van der Waals surface area contributed by atoms with E-state index >= 15 is 0 Å². The van der Waals surface area contributed by atoms with Crippen molar-refractivity contribution in [2.24, 2.45) is 0 Å². The van der Waals surface area contributed by atoms with E-state index in [-0.39, 0.29) is 0 Å². The molecule has 0 radical (unpaired) electrons. The molecule has 1 aliphatic rings. The van der Waals surface area contributed by atoms with Crippen molar-refractivity contribution in [3.63, 3.8) is 0 Å². The van der Waals surface area contributed by atoms with E-state index in [2.05, 4.69) is 48.5 Å². The maximum Gasteiger partial charge on any atom is 0.224 e. The number of nitrogens with zero attached hydrogens (tertiary/aromatic N) is 3. The molecule has 1 aromatic heterocycles. The molecular formula is C12H20BrN5. The predicted octanol–water partition coefficient (Wildman–Crippen LogP) is 2.18. The van der Waals surface area contributed by atoms with Crippen LogP contribution in [0.5, 0.6) is 0 Å². The molecule has 1 aliphatic heterocycles. The monoisotopic (exact) mass is 313 g/mol. The van der Waals surface area contributed by atoms with Crippen LogP contribution < -0.4 is 10.6 Å². The van der Waals surface area contributed by atoms with Crippen LogP contribution in [0.25, 0.3) is 0 Å². The lowest BCUT2D eigenvalue weighted by Crippen LogP contribution is -2.40. The molecule has 6 heteroatoms. The van der Waals surface area contributed by atoms with Crippen LogP contribution in [-0.4, -0.2) is 48.1 Å². The van der Waals surface area contributed by atoms with Gasteiger partial charge in [-0.2, -0.15) is 4.98 Å². The Morgan fingerprint density at radius 1 is 1.50 bits per heavy atom. The Balaban J connectivity index is 1.96. The third-order valence-electron chi connectivity index (χ3n) is 3.39. The molecule has 18 heavy (non-hydrogen) atoms. The Kier molecular flexibility index (Phi) is 4.77. The summed E-state index contributed by atoms with van der Waals surface area (Å²) in [5.41, 5.74) is 0. The average molecular weight is 314 g/mol. The quantitative estimate of drug-likeness (QED) is 0.892. The first-order valence-corrected chi connectivity index (χ1v) is 7.14. The topological polar surface area (TPSA) is 53.1 Å². The number of nitrogens with one attached hydrogen (secondary N) is 2. The number of rotatable bonds is 4. The summed E-state index contributed by atoms with van der Waals surface area (Å²) in [6.45, 7) is 2.12. The van der Waals surface area contributed by atoms with Crippen molar-refractivity contribution >= 4 is 27.7 Å². The number of likely N-dealkylation sites (N-methyl/N-ethyl adjacent to an activating group) is 1. The van der Waals surface area contributed by atoms with Crippen molar-refractivity contribution in [1.82, 2.24) is 14.9 Å². The highest BCUT2D eigenvalue weighted by atomic mass is 79.9. The molecule has 5 nitrogen and oxygen atoms in total. The molecule has 0 aromatic carbocycles. The van der Waals surface area contributed by atoms with E-state index in [0.29, 0.717) is 12.0 Å². The zero-order valence-corrected chi connectivity index (χ0v) is 12.5. The summed E-state index contributed by atoms with van der Waals surface area (Å²) in [4.78, 5) is 11.0. The number of likely N-dealkylation sites (tertiary alicyclic amines) is 1. The van der Waals surface area contributed by atoms with E-state index < -0.39 is 0 Å². The summed E-state index contributed by atoms with van der Waals surface area (Å²) in [6.07, 6.45) is 5.66. The molecule has 2 N–H and O–H groups in total. The van der Waals surface area contributed by atoms with Crippen molar-refractivity contribution in [3.05, 3.63) is 10.7 Å². The van der Waals surface area contributed by atoms with Crippen LogP contribution in [0.1, 0.15) is 19.3 Å². The molecule has 1 unspecified atom stereocenters. The molecule has 0 spiro atoms. The Morgan fingerprint density at radius 3 is 3.06 bits per heavy atom. The van der Waals surface area contributed by atoms with Gasteiger partial charge in [-0.15, -0.1) is 0 Å². The average Bonchev–Trinajstić information content (AvgIpc) is 2.39. The van der Waals surface area contributed by atoms with E-state index in [1.54, 1.807) is 6.20 Å². The summed E-state index contributed by atoms with van der Waals surface area (Å²) in [5.74, 6) is 1.49. The fraction of sp³-hybridized carbons (Fsp3) is 0.667. The van der Waals surface area contributed by atoms with Gasteiger partial charge in [-0.25, -0.2) is 4.98 Å². The molecule has 1 fully saturated rings. The second-order valence-electron chi connectivity index (χ2n) is 4.65. The minimum absolute atomic E-state index is 0.596. The van der Waals surface area contributed by atoms with Gasteiger partial charge in [0.05, 0.1) is 4.47 Å². The van der Waals surface area contributed by atoms with Crippen LogP contribution in [0, 0.1) is 0 Å². The van der Waals surface area contributed by atoms with Gasteiger partial charge >= 0.3 is 0 Å². The van der Waals surface area contributed by atoms with E-state index in [4.69, 9.17) is 0 Å². The van der Waals surface area contributed by atoms with Crippen LogP contribution in [0.4, 0.5) is 11.8 Å². The Hall–Kier alpha value is -0.880. The van der Waals surface area contributed by atoms with E-state index in [1.807, 2.05) is 7.05 Å². The Bertz CT molecular complexity index is 398. The smallest absolute Gasteiger partial charge is 0.224 e. The van der Waals surface area contributed by atoms with Gasteiger partial charge in [0, 0.05) is 25.8 Å². The number of anilines is 2. The molecule has 2 heterocycles. The molecule has 1 saturated heterocycles. The van der Waals surface area contributed by atoms with E-state index in [9.17, 15) is 0 Å². The number of aromatic nitrogens is 2. The van der Waals surface area contributed by atoms with Crippen LogP contribution in [0.3, 0.4) is 0 Å². The second-order valence-corrected chi connectivity index (χ2v) is 5.51. The molecule has 0 saturated carbocycles. The standard InChI is InChI=1S/C12H20BrN5/c1-14-12-16-8-10(13)11(17-12)15-7-9-5-3-4-6-18(9)2/h8-9H,3-7H2,1-2H3,(H2,14,15,16,17). The lowest BCUT2D eigenvalue weighted by Gasteiger charge is -2.32. The van der Waals surface area contributed by atoms with Crippen molar-refractivity contribution in [1.29, 1.82) is 0 Å². The largest absolute Gasteiger partial charge is 0.367 e. The van der Waals surface area contributed by atoms with Gasteiger partial charge in [0.25, 0.3) is 0 Å². The third-order valence-corrected chi connectivity index (χ3v) is 3.97. The molecule has 100 valence electrons. The van der Waals surface area contributed by atoms with Gasteiger partial charge < -0.3 is 15.5 Å². The second kappa shape index (κ2) is 6.33. The number of piperidine rings is 1. The zero-order valence-electron chi connectivity index (χ0n) is 10.9. The highest BCUT2D eigenvalue weighted by molar-refractivity contribution is 9.10. The molecule has 2 rings (SSSR count). The fourth-order valence-electron chi connectivity index (χ4n) is 2.23. The lowest BCUT2D eigenvalue weighted by molar-refractivity contribution is 0.194. The number of hydrogen-bond acceptors (Lipinski definition) is 5. The Morgan fingerprint density at radius 2 is 2.33 bits per heavy atom. The number of halogens is 1. The SMILES string of the molecule is CNc1ncc(Br)c(NCC2CCCCN2C)n1. The van der Waals surface area contributed by atoms with Crippen LogP contribution in [0.15, 0.2) is 10.7 Å². The van der Waals surface area contributed by atoms with Crippen LogP contribution >= 0.6 is 15.9 Å². The van der Waals surface area contributed by atoms with Crippen molar-refractivity contribution in [2.45, 2.75) is 25.3 Å². The maximum absolute atomic E-state index is 4.40. The fourth-order valence-corrected chi connectivity index (χ4v) is 2.56. The normalized spacial score (nSPS) is 20.7. The van der Waals surface area contributed by atoms with Crippen LogP contribution in [-0.2, 0) is 0 Å². The molecule has 0 amide bonds. The Labute approximate surface area is 117 Å². The van der Waals surface area contributed by atoms with Gasteiger partial charge in [-0.05, 0) is 42.4 Å². The summed E-state index contributed by atoms with van der Waals surface area (Å²) < 4.78 is 0.903. The molecule has 1 atom stereocenters.